The van der Waals surface area contributed by atoms with Crippen molar-refractivity contribution in [2.75, 3.05) is 19.8 Å². The van der Waals surface area contributed by atoms with E-state index in [9.17, 15) is 19.2 Å². The molecule has 0 bridgehead atoms. The van der Waals surface area contributed by atoms with E-state index in [2.05, 4.69) is 0 Å². The lowest BCUT2D eigenvalue weighted by Gasteiger charge is -2.25. The van der Waals surface area contributed by atoms with Crippen LogP contribution in [0.25, 0.3) is 0 Å². The van der Waals surface area contributed by atoms with Crippen LogP contribution >= 0.6 is 0 Å². The molecule has 1 unspecified atom stereocenters. The first-order valence-corrected chi connectivity index (χ1v) is 8.98. The summed E-state index contributed by atoms with van der Waals surface area (Å²) in [4.78, 5) is 62.8. The molecule has 0 aliphatic heterocycles. The van der Waals surface area contributed by atoms with Crippen molar-refractivity contribution in [2.24, 2.45) is 5.41 Å². The van der Waals surface area contributed by atoms with E-state index >= 15 is 0 Å². The Balaban J connectivity index is 0.00000263. The maximum absolute atomic E-state index is 12.2. The zero-order valence-electron chi connectivity index (χ0n) is 17.0. The van der Waals surface area contributed by atoms with Gasteiger partial charge >= 0.3 is 30.0 Å². The topological polar surface area (TPSA) is 150 Å². The second-order valence-corrected chi connectivity index (χ2v) is 6.13. The Kier molecular flexibility index (Phi) is 12.0. The Morgan fingerprint density at radius 1 is 0.967 bits per heavy atom. The van der Waals surface area contributed by atoms with E-state index in [1.54, 1.807) is 20.8 Å². The molecule has 1 atom stereocenters. The maximum atomic E-state index is 12.2. The lowest BCUT2D eigenvalue weighted by Crippen LogP contribution is -2.35. The highest BCUT2D eigenvalue weighted by Gasteiger charge is 2.34. The summed E-state index contributed by atoms with van der Waals surface area (Å²) in [6.45, 7) is 4.52. The largest absolute Gasteiger partial charge is 0.478 e. The number of hydrogen-bond donors (Lipinski definition) is 1. The summed E-state index contributed by atoms with van der Waals surface area (Å²) in [5.74, 6) is -3.04. The molecule has 0 saturated heterocycles. The van der Waals surface area contributed by atoms with Gasteiger partial charge in [-0.2, -0.15) is 9.59 Å². The molecule has 0 amide bonds. The Hall–Kier alpha value is -3.52. The molecule has 164 valence electrons. The van der Waals surface area contributed by atoms with Gasteiger partial charge in [0.05, 0.1) is 16.5 Å². The van der Waals surface area contributed by atoms with Gasteiger partial charge in [0.25, 0.3) is 0 Å². The number of rotatable bonds is 10. The first kappa shape index (κ1) is 26.5. The van der Waals surface area contributed by atoms with Gasteiger partial charge in [-0.25, -0.2) is 9.59 Å². The first-order valence-electron chi connectivity index (χ1n) is 8.98. The summed E-state index contributed by atoms with van der Waals surface area (Å²) in [5.41, 5.74) is -1.25. The highest BCUT2D eigenvalue weighted by atomic mass is 16.6. The third-order valence-corrected chi connectivity index (χ3v) is 4.04. The number of carbonyl (C=O) groups excluding carboxylic acids is 5. The third-order valence-electron chi connectivity index (χ3n) is 4.04. The minimum absolute atomic E-state index is 0.0822. The number of aromatic carboxylic acids is 1. The Labute approximate surface area is 173 Å². The fourth-order valence-electron chi connectivity index (χ4n) is 2.02. The lowest BCUT2D eigenvalue weighted by atomic mass is 9.89. The van der Waals surface area contributed by atoms with Gasteiger partial charge in [-0.3, -0.25) is 9.59 Å². The summed E-state index contributed by atoms with van der Waals surface area (Å²) in [5, 5.41) is 9.07. The van der Waals surface area contributed by atoms with Gasteiger partial charge in [-0.05, 0) is 25.5 Å². The van der Waals surface area contributed by atoms with E-state index in [0.717, 1.165) is 0 Å². The van der Waals surface area contributed by atoms with E-state index in [1.165, 1.54) is 24.3 Å². The molecule has 1 rings (SSSR count). The molecule has 0 spiro atoms. The van der Waals surface area contributed by atoms with Crippen LogP contribution in [-0.2, 0) is 33.4 Å². The van der Waals surface area contributed by atoms with Crippen molar-refractivity contribution in [3.63, 3.8) is 0 Å². The van der Waals surface area contributed by atoms with Crippen LogP contribution in [0.2, 0.25) is 0 Å². The summed E-state index contributed by atoms with van der Waals surface area (Å²) < 4.78 is 15.1. The molecule has 0 aromatic heterocycles. The van der Waals surface area contributed by atoms with Gasteiger partial charge in [0, 0.05) is 6.42 Å². The van der Waals surface area contributed by atoms with Crippen molar-refractivity contribution in [2.45, 2.75) is 33.6 Å². The fourth-order valence-corrected chi connectivity index (χ4v) is 2.02. The molecule has 10 nitrogen and oxygen atoms in total. The number of esters is 3. The average Bonchev–Trinajstić information content (AvgIpc) is 2.74. The van der Waals surface area contributed by atoms with Gasteiger partial charge in [0.2, 0.25) is 0 Å². The summed E-state index contributed by atoms with van der Waals surface area (Å²) >= 11 is 0. The molecule has 0 saturated carbocycles. The average molecular weight is 424 g/mol. The van der Waals surface area contributed by atoms with Gasteiger partial charge in [-0.15, -0.1) is 0 Å². The SMILES string of the molecule is CCC(=O)OCC(C)(CC)C(=O)OCCOC(=O)c1ccccc1C(=O)O.O=C=O. The molecule has 0 fully saturated rings. The van der Waals surface area contributed by atoms with Gasteiger partial charge in [0.15, 0.2) is 0 Å². The standard InChI is InChI=1S/C19H24O8.CO2/c1-4-15(20)27-12-19(3,5-2)18(24)26-11-10-25-17(23)14-9-7-6-8-13(14)16(21)22;2-1-3/h6-9H,4-5,10-12H2,1-3H3,(H,21,22);. The fraction of sp³-hybridized carbons (Fsp3) is 0.450. The Morgan fingerprint density at radius 2 is 1.50 bits per heavy atom. The van der Waals surface area contributed by atoms with E-state index in [4.69, 9.17) is 28.9 Å². The van der Waals surface area contributed by atoms with Crippen molar-refractivity contribution < 1.29 is 48.1 Å². The highest BCUT2D eigenvalue weighted by Crippen LogP contribution is 2.23. The zero-order chi connectivity index (χ0) is 23.2. The van der Waals surface area contributed by atoms with E-state index in [0.29, 0.717) is 6.42 Å². The van der Waals surface area contributed by atoms with Gasteiger partial charge < -0.3 is 19.3 Å². The molecule has 0 heterocycles. The second-order valence-electron chi connectivity index (χ2n) is 6.13. The van der Waals surface area contributed by atoms with Crippen LogP contribution in [0.1, 0.15) is 54.3 Å². The molecule has 1 N–H and O–H groups in total. The van der Waals surface area contributed by atoms with Crippen LogP contribution in [0, 0.1) is 5.41 Å². The molecule has 30 heavy (non-hydrogen) atoms. The number of hydrogen-bond acceptors (Lipinski definition) is 9. The van der Waals surface area contributed by atoms with Crippen LogP contribution in [0.3, 0.4) is 0 Å². The summed E-state index contributed by atoms with van der Waals surface area (Å²) in [6.07, 6.45) is 0.858. The van der Waals surface area contributed by atoms with E-state index in [1.807, 2.05) is 0 Å². The summed E-state index contributed by atoms with van der Waals surface area (Å²) in [6, 6.07) is 5.66. The Bertz CT molecular complexity index is 780. The number of benzene rings is 1. The molecule has 0 aliphatic carbocycles. The van der Waals surface area contributed by atoms with Crippen molar-refractivity contribution in [3.05, 3.63) is 35.4 Å². The minimum atomic E-state index is -1.24. The van der Waals surface area contributed by atoms with E-state index < -0.39 is 29.3 Å². The quantitative estimate of drug-likeness (QED) is 0.335. The summed E-state index contributed by atoms with van der Waals surface area (Å²) in [7, 11) is 0. The molecule has 10 heteroatoms. The van der Waals surface area contributed by atoms with Crippen molar-refractivity contribution in [3.8, 4) is 0 Å². The molecule has 0 aliphatic rings. The van der Waals surface area contributed by atoms with E-state index in [-0.39, 0.29) is 43.5 Å². The number of carboxylic acids is 1. The number of carboxylic acid groups (broad SMARTS) is 1. The lowest BCUT2D eigenvalue weighted by molar-refractivity contribution is -0.191. The molecule has 0 radical (unpaired) electrons. The predicted octanol–water partition coefficient (Wildman–Crippen LogP) is 1.87. The maximum Gasteiger partial charge on any atom is 0.373 e. The smallest absolute Gasteiger partial charge is 0.373 e. The normalized spacial score (nSPS) is 11.6. The second kappa shape index (κ2) is 13.6. The monoisotopic (exact) mass is 424 g/mol. The van der Waals surface area contributed by atoms with Crippen molar-refractivity contribution >= 4 is 30.0 Å². The predicted molar refractivity (Wildman–Crippen MR) is 99.3 cm³/mol. The number of carbonyl (C=O) groups is 4. The Morgan fingerprint density at radius 3 is 2.00 bits per heavy atom. The molecular formula is C20H24O10. The van der Waals surface area contributed by atoms with Crippen LogP contribution < -0.4 is 0 Å². The molecule has 1 aromatic carbocycles. The number of ether oxygens (including phenoxy) is 3. The highest BCUT2D eigenvalue weighted by molar-refractivity contribution is 6.02. The van der Waals surface area contributed by atoms with Crippen LogP contribution in [-0.4, -0.2) is 55.0 Å². The molecule has 1 aromatic rings. The zero-order valence-corrected chi connectivity index (χ0v) is 17.0. The van der Waals surface area contributed by atoms with Crippen LogP contribution in [0.15, 0.2) is 24.3 Å². The van der Waals surface area contributed by atoms with Gasteiger partial charge in [-0.1, -0.05) is 26.0 Å². The van der Waals surface area contributed by atoms with Gasteiger partial charge in [0.1, 0.15) is 19.8 Å². The molecular weight excluding hydrogens is 400 g/mol. The van der Waals surface area contributed by atoms with Crippen LogP contribution in [0.5, 0.6) is 0 Å². The first-order chi connectivity index (χ1) is 14.2. The van der Waals surface area contributed by atoms with Crippen molar-refractivity contribution in [1.29, 1.82) is 0 Å². The van der Waals surface area contributed by atoms with Crippen LogP contribution in [0.4, 0.5) is 0 Å². The van der Waals surface area contributed by atoms with Crippen molar-refractivity contribution in [1.82, 2.24) is 0 Å². The minimum Gasteiger partial charge on any atom is -0.478 e. The third kappa shape index (κ3) is 8.66.